The van der Waals surface area contributed by atoms with Crippen LogP contribution in [0.2, 0.25) is 0 Å². The van der Waals surface area contributed by atoms with E-state index in [0.717, 1.165) is 5.56 Å². The average molecular weight is 401 g/mol. The van der Waals surface area contributed by atoms with Crippen LogP contribution in [0.1, 0.15) is 12.0 Å². The Morgan fingerprint density at radius 1 is 1.25 bits per heavy atom. The van der Waals surface area contributed by atoms with Crippen LogP contribution in [-0.2, 0) is 16.1 Å². The van der Waals surface area contributed by atoms with E-state index in [9.17, 15) is 14.0 Å². The number of hydrogen-bond donors (Lipinski definition) is 1. The third-order valence-electron chi connectivity index (χ3n) is 4.23. The Morgan fingerprint density at radius 3 is 2.54 bits per heavy atom. The summed E-state index contributed by atoms with van der Waals surface area (Å²) in [7, 11) is 3.12. The van der Waals surface area contributed by atoms with Crippen molar-refractivity contribution in [3.63, 3.8) is 0 Å². The number of nitrogens with zero attached hydrogens (tertiary/aromatic N) is 2. The number of methoxy groups -OCH3 is 1. The summed E-state index contributed by atoms with van der Waals surface area (Å²) in [6.07, 6.45) is 0.0766. The molecule has 28 heavy (non-hydrogen) atoms. The van der Waals surface area contributed by atoms with E-state index in [-0.39, 0.29) is 30.6 Å². The zero-order valence-electron chi connectivity index (χ0n) is 15.5. The molecule has 8 heteroatoms. The first-order valence-electron chi connectivity index (χ1n) is 8.66. The number of aliphatic imine (C=N–C) groups is 1. The lowest BCUT2D eigenvalue weighted by Gasteiger charge is -2.31. The Morgan fingerprint density at radius 2 is 1.93 bits per heavy atom. The van der Waals surface area contributed by atoms with Gasteiger partial charge >= 0.3 is 0 Å². The SMILES string of the molecule is CNC(=O)[C@H]1CC(=O)N(Cc2ccc(F)cc2)C(=Nc2ccc(OC)cc2)S1. The van der Waals surface area contributed by atoms with Gasteiger partial charge in [0.25, 0.3) is 0 Å². The summed E-state index contributed by atoms with van der Waals surface area (Å²) in [6, 6.07) is 13.1. The predicted octanol–water partition coefficient (Wildman–Crippen LogP) is 3.10. The minimum absolute atomic E-state index is 0.0766. The van der Waals surface area contributed by atoms with Gasteiger partial charge in [0.2, 0.25) is 11.8 Å². The number of halogens is 1. The first kappa shape index (κ1) is 19.9. The Kier molecular flexibility index (Phi) is 6.30. The minimum atomic E-state index is -0.543. The molecule has 1 aliphatic heterocycles. The highest BCUT2D eigenvalue weighted by molar-refractivity contribution is 8.15. The normalized spacial score (nSPS) is 18.2. The van der Waals surface area contributed by atoms with Crippen molar-refractivity contribution < 1.29 is 18.7 Å². The van der Waals surface area contributed by atoms with E-state index in [0.29, 0.717) is 16.6 Å². The number of thioether (sulfide) groups is 1. The van der Waals surface area contributed by atoms with Gasteiger partial charge in [0.15, 0.2) is 5.17 Å². The van der Waals surface area contributed by atoms with Gasteiger partial charge in [0, 0.05) is 13.5 Å². The number of hydrogen-bond acceptors (Lipinski definition) is 5. The molecule has 0 radical (unpaired) electrons. The number of amides is 2. The van der Waals surface area contributed by atoms with E-state index >= 15 is 0 Å². The van der Waals surface area contributed by atoms with Crippen LogP contribution in [-0.4, -0.2) is 41.3 Å². The second kappa shape index (κ2) is 8.88. The molecule has 6 nitrogen and oxygen atoms in total. The van der Waals surface area contributed by atoms with Gasteiger partial charge in [0.1, 0.15) is 11.6 Å². The molecule has 1 heterocycles. The second-order valence-electron chi connectivity index (χ2n) is 6.12. The summed E-state index contributed by atoms with van der Waals surface area (Å²) in [5, 5.41) is 2.47. The van der Waals surface area contributed by atoms with Gasteiger partial charge in [-0.2, -0.15) is 0 Å². The summed E-state index contributed by atoms with van der Waals surface area (Å²) < 4.78 is 18.3. The minimum Gasteiger partial charge on any atom is -0.497 e. The molecule has 0 aliphatic carbocycles. The standard InChI is InChI=1S/C20H20FN3O3S/c1-22-19(26)17-11-18(25)24(12-13-3-5-14(21)6-4-13)20(28-17)23-15-7-9-16(27-2)10-8-15/h3-10,17H,11-12H2,1-2H3,(H,22,26)/t17-/m1/s1. The topological polar surface area (TPSA) is 71.0 Å². The Hall–Kier alpha value is -2.87. The van der Waals surface area contributed by atoms with Crippen LogP contribution < -0.4 is 10.1 Å². The Labute approximate surface area is 166 Å². The quantitative estimate of drug-likeness (QED) is 0.836. The van der Waals surface area contributed by atoms with Crippen molar-refractivity contribution in [2.24, 2.45) is 4.99 Å². The van der Waals surface area contributed by atoms with Crippen molar-refractivity contribution >= 4 is 34.4 Å². The van der Waals surface area contributed by atoms with E-state index in [4.69, 9.17) is 4.74 Å². The lowest BCUT2D eigenvalue weighted by molar-refractivity contribution is -0.130. The van der Waals surface area contributed by atoms with Crippen LogP contribution >= 0.6 is 11.8 Å². The summed E-state index contributed by atoms with van der Waals surface area (Å²) in [5.74, 6) is -0.0659. The first-order valence-corrected chi connectivity index (χ1v) is 9.54. The largest absolute Gasteiger partial charge is 0.497 e. The first-order chi connectivity index (χ1) is 13.5. The summed E-state index contributed by atoms with van der Waals surface area (Å²) in [4.78, 5) is 30.9. The maximum Gasteiger partial charge on any atom is 0.233 e. The highest BCUT2D eigenvalue weighted by Crippen LogP contribution is 2.30. The molecule has 1 saturated heterocycles. The van der Waals surface area contributed by atoms with E-state index in [1.54, 1.807) is 50.6 Å². The summed E-state index contributed by atoms with van der Waals surface area (Å²) in [5.41, 5.74) is 1.41. The summed E-state index contributed by atoms with van der Waals surface area (Å²) in [6.45, 7) is 0.252. The van der Waals surface area contributed by atoms with Gasteiger partial charge in [-0.1, -0.05) is 23.9 Å². The number of rotatable bonds is 5. The lowest BCUT2D eigenvalue weighted by Crippen LogP contribution is -2.45. The van der Waals surface area contributed by atoms with Crippen molar-refractivity contribution in [3.05, 3.63) is 59.9 Å². The molecule has 146 valence electrons. The highest BCUT2D eigenvalue weighted by atomic mass is 32.2. The number of carbonyl (C=O) groups is 2. The molecule has 3 rings (SSSR count). The number of nitrogens with one attached hydrogen (secondary N) is 1. The van der Waals surface area contributed by atoms with Gasteiger partial charge in [-0.3, -0.25) is 14.5 Å². The smallest absolute Gasteiger partial charge is 0.233 e. The third-order valence-corrected chi connectivity index (χ3v) is 5.42. The molecule has 2 aromatic carbocycles. The van der Waals surface area contributed by atoms with Crippen molar-refractivity contribution in [2.75, 3.05) is 14.2 Å². The third kappa shape index (κ3) is 4.69. The van der Waals surface area contributed by atoms with Crippen LogP contribution in [0.25, 0.3) is 0 Å². The maximum absolute atomic E-state index is 13.2. The van der Waals surface area contributed by atoms with Crippen LogP contribution in [0.5, 0.6) is 5.75 Å². The van der Waals surface area contributed by atoms with Gasteiger partial charge in [0.05, 0.1) is 24.6 Å². The lowest BCUT2D eigenvalue weighted by atomic mass is 10.2. The van der Waals surface area contributed by atoms with Gasteiger partial charge < -0.3 is 10.1 Å². The molecule has 2 aromatic rings. The van der Waals surface area contributed by atoms with Gasteiger partial charge in [-0.05, 0) is 42.0 Å². The average Bonchev–Trinajstić information content (AvgIpc) is 2.71. The zero-order valence-corrected chi connectivity index (χ0v) is 16.3. The van der Waals surface area contributed by atoms with Gasteiger partial charge in [-0.15, -0.1) is 0 Å². The molecule has 0 unspecified atom stereocenters. The van der Waals surface area contributed by atoms with E-state index in [1.807, 2.05) is 0 Å². The Bertz CT molecular complexity index is 885. The van der Waals surface area contributed by atoms with Crippen molar-refractivity contribution in [1.29, 1.82) is 0 Å². The predicted molar refractivity (Wildman–Crippen MR) is 107 cm³/mol. The number of ether oxygens (including phenoxy) is 1. The Balaban J connectivity index is 1.91. The molecular formula is C20H20FN3O3S. The van der Waals surface area contributed by atoms with Crippen molar-refractivity contribution in [3.8, 4) is 5.75 Å². The van der Waals surface area contributed by atoms with Gasteiger partial charge in [-0.25, -0.2) is 9.38 Å². The fourth-order valence-corrected chi connectivity index (χ4v) is 3.85. The van der Waals surface area contributed by atoms with Crippen LogP contribution in [0.15, 0.2) is 53.5 Å². The van der Waals surface area contributed by atoms with Crippen molar-refractivity contribution in [2.45, 2.75) is 18.2 Å². The van der Waals surface area contributed by atoms with E-state index in [1.165, 1.54) is 28.8 Å². The summed E-state index contributed by atoms with van der Waals surface area (Å²) >= 11 is 1.24. The fraction of sp³-hybridized carbons (Fsp3) is 0.250. The number of carbonyl (C=O) groups excluding carboxylic acids is 2. The molecule has 0 spiro atoms. The van der Waals surface area contributed by atoms with Crippen LogP contribution in [0.3, 0.4) is 0 Å². The van der Waals surface area contributed by atoms with Crippen LogP contribution in [0, 0.1) is 5.82 Å². The van der Waals surface area contributed by atoms with Crippen molar-refractivity contribution in [1.82, 2.24) is 10.2 Å². The molecule has 2 amide bonds. The number of amidine groups is 1. The molecule has 1 atom stereocenters. The highest BCUT2D eigenvalue weighted by Gasteiger charge is 2.35. The molecule has 1 fully saturated rings. The molecule has 0 saturated carbocycles. The van der Waals surface area contributed by atoms with E-state index in [2.05, 4.69) is 10.3 Å². The monoisotopic (exact) mass is 401 g/mol. The molecule has 1 aliphatic rings. The fourth-order valence-electron chi connectivity index (χ4n) is 2.70. The molecule has 0 aromatic heterocycles. The van der Waals surface area contributed by atoms with Crippen LogP contribution in [0.4, 0.5) is 10.1 Å². The molecule has 0 bridgehead atoms. The second-order valence-corrected chi connectivity index (χ2v) is 7.29. The molecule has 1 N–H and O–H groups in total. The maximum atomic E-state index is 13.2. The van der Waals surface area contributed by atoms with E-state index < -0.39 is 5.25 Å². The molecular weight excluding hydrogens is 381 g/mol. The number of benzene rings is 2. The zero-order chi connectivity index (χ0) is 20.1.